The maximum absolute atomic E-state index is 12.1. The molecule has 0 unspecified atom stereocenters. The number of likely N-dealkylation sites (tertiary alicyclic amines) is 1. The molecule has 1 aliphatic heterocycles. The normalized spacial score (nSPS) is 21.5. The molecule has 0 saturated carbocycles. The molecule has 1 saturated heterocycles. The molecule has 112 valence electrons. The summed E-state index contributed by atoms with van der Waals surface area (Å²) in [7, 11) is 0. The molecule has 1 aromatic rings. The molecule has 0 aliphatic carbocycles. The van der Waals surface area contributed by atoms with Crippen molar-refractivity contribution in [3.05, 3.63) is 29.8 Å². The smallest absolute Gasteiger partial charge is 0.406 e. The third-order valence-corrected chi connectivity index (χ3v) is 3.43. The van der Waals surface area contributed by atoms with Gasteiger partial charge in [-0.3, -0.25) is 4.90 Å². The van der Waals surface area contributed by atoms with E-state index in [2.05, 4.69) is 9.64 Å². The molecule has 1 aliphatic rings. The fraction of sp³-hybridized carbons (Fsp3) is 0.571. The Morgan fingerprint density at radius 2 is 1.85 bits per heavy atom. The maximum Gasteiger partial charge on any atom is 0.573 e. The number of hydrogen-bond acceptors (Lipinski definition) is 3. The summed E-state index contributed by atoms with van der Waals surface area (Å²) in [4.78, 5) is 2.28. The summed E-state index contributed by atoms with van der Waals surface area (Å²) in [6.45, 7) is 2.65. The van der Waals surface area contributed by atoms with Crippen molar-refractivity contribution in [2.45, 2.75) is 38.2 Å². The highest BCUT2D eigenvalue weighted by Crippen LogP contribution is 2.23. The van der Waals surface area contributed by atoms with Crippen molar-refractivity contribution in [2.75, 3.05) is 13.1 Å². The van der Waals surface area contributed by atoms with E-state index in [0.29, 0.717) is 0 Å². The Morgan fingerprint density at radius 1 is 1.15 bits per heavy atom. The predicted octanol–water partition coefficient (Wildman–Crippen LogP) is 2.90. The minimum absolute atomic E-state index is 0.181. The summed E-state index contributed by atoms with van der Waals surface area (Å²) in [5.41, 5.74) is 6.90. The van der Waals surface area contributed by atoms with Crippen molar-refractivity contribution in [3.63, 3.8) is 0 Å². The van der Waals surface area contributed by atoms with Crippen molar-refractivity contribution in [2.24, 2.45) is 5.73 Å². The molecule has 1 atom stereocenters. The van der Waals surface area contributed by atoms with Gasteiger partial charge in [0.05, 0.1) is 0 Å². The van der Waals surface area contributed by atoms with Crippen LogP contribution in [0.3, 0.4) is 0 Å². The Labute approximate surface area is 116 Å². The van der Waals surface area contributed by atoms with Gasteiger partial charge in [0.2, 0.25) is 0 Å². The second-order valence-corrected chi connectivity index (χ2v) is 5.16. The molecule has 0 bridgehead atoms. The monoisotopic (exact) mass is 288 g/mol. The summed E-state index contributed by atoms with van der Waals surface area (Å²) in [6.07, 6.45) is -1.57. The van der Waals surface area contributed by atoms with Crippen LogP contribution in [-0.2, 0) is 6.54 Å². The van der Waals surface area contributed by atoms with Gasteiger partial charge in [-0.2, -0.15) is 0 Å². The highest BCUT2D eigenvalue weighted by Gasteiger charge is 2.30. The first kappa shape index (κ1) is 15.1. The van der Waals surface area contributed by atoms with Gasteiger partial charge in [0.1, 0.15) is 5.75 Å². The van der Waals surface area contributed by atoms with Gasteiger partial charge in [0.15, 0.2) is 0 Å². The van der Waals surface area contributed by atoms with Gasteiger partial charge in [-0.15, -0.1) is 13.2 Å². The molecule has 1 fully saturated rings. The van der Waals surface area contributed by atoms with Crippen LogP contribution in [-0.4, -0.2) is 30.4 Å². The predicted molar refractivity (Wildman–Crippen MR) is 70.2 cm³/mol. The lowest BCUT2D eigenvalue weighted by Gasteiger charge is -2.20. The summed E-state index contributed by atoms with van der Waals surface area (Å²) in [5.74, 6) is -0.181. The molecule has 0 amide bonds. The van der Waals surface area contributed by atoms with E-state index in [1.807, 2.05) is 0 Å². The van der Waals surface area contributed by atoms with Crippen LogP contribution in [0.1, 0.15) is 24.8 Å². The number of hydrogen-bond donors (Lipinski definition) is 1. The molecule has 1 aromatic carbocycles. The molecule has 20 heavy (non-hydrogen) atoms. The van der Waals surface area contributed by atoms with Gasteiger partial charge >= 0.3 is 6.36 Å². The molecular weight excluding hydrogens is 269 g/mol. The van der Waals surface area contributed by atoms with E-state index < -0.39 is 6.36 Å². The van der Waals surface area contributed by atoms with Crippen LogP contribution >= 0.6 is 0 Å². The van der Waals surface area contributed by atoms with E-state index in [9.17, 15) is 13.2 Å². The van der Waals surface area contributed by atoms with Crippen LogP contribution in [0.5, 0.6) is 5.75 Å². The van der Waals surface area contributed by atoms with E-state index in [0.717, 1.165) is 44.5 Å². The molecule has 3 nitrogen and oxygen atoms in total. The minimum Gasteiger partial charge on any atom is -0.406 e. The minimum atomic E-state index is -4.64. The van der Waals surface area contributed by atoms with Crippen molar-refractivity contribution < 1.29 is 17.9 Å². The summed E-state index contributed by atoms with van der Waals surface area (Å²) in [5, 5.41) is 0. The van der Waals surface area contributed by atoms with Crippen LogP contribution in [0.4, 0.5) is 13.2 Å². The fourth-order valence-corrected chi connectivity index (χ4v) is 2.39. The average molecular weight is 288 g/mol. The zero-order valence-electron chi connectivity index (χ0n) is 11.2. The number of nitrogens with zero attached hydrogens (tertiary/aromatic N) is 1. The third kappa shape index (κ3) is 5.02. The molecule has 0 radical (unpaired) electrons. The number of ether oxygens (including phenoxy) is 1. The Hall–Kier alpha value is -1.27. The van der Waals surface area contributed by atoms with Gasteiger partial charge in [0, 0.05) is 12.6 Å². The second-order valence-electron chi connectivity index (χ2n) is 5.16. The molecule has 2 rings (SSSR count). The number of rotatable bonds is 3. The van der Waals surface area contributed by atoms with Crippen LogP contribution in [0.2, 0.25) is 0 Å². The fourth-order valence-electron chi connectivity index (χ4n) is 2.39. The van der Waals surface area contributed by atoms with E-state index in [1.165, 1.54) is 12.1 Å². The third-order valence-electron chi connectivity index (χ3n) is 3.43. The Bertz CT molecular complexity index is 419. The lowest BCUT2D eigenvalue weighted by atomic mass is 10.1. The summed E-state index contributed by atoms with van der Waals surface area (Å²) < 4.78 is 40.0. The number of benzene rings is 1. The van der Waals surface area contributed by atoms with E-state index in [-0.39, 0.29) is 11.8 Å². The highest BCUT2D eigenvalue weighted by atomic mass is 19.4. The SMILES string of the molecule is N[C@@H]1CCCN(Cc2ccc(OC(F)(F)F)cc2)CC1. The van der Waals surface area contributed by atoms with E-state index >= 15 is 0 Å². The van der Waals surface area contributed by atoms with E-state index in [4.69, 9.17) is 5.73 Å². The Morgan fingerprint density at radius 3 is 2.50 bits per heavy atom. The molecule has 6 heteroatoms. The lowest BCUT2D eigenvalue weighted by molar-refractivity contribution is -0.274. The van der Waals surface area contributed by atoms with Crippen LogP contribution in [0.15, 0.2) is 24.3 Å². The number of nitrogens with two attached hydrogens (primary N) is 1. The van der Waals surface area contributed by atoms with Crippen molar-refractivity contribution in [1.82, 2.24) is 4.90 Å². The zero-order valence-corrected chi connectivity index (χ0v) is 11.2. The summed E-state index contributed by atoms with van der Waals surface area (Å²) >= 11 is 0. The van der Waals surface area contributed by atoms with Crippen LogP contribution in [0.25, 0.3) is 0 Å². The zero-order chi connectivity index (χ0) is 14.6. The van der Waals surface area contributed by atoms with Crippen molar-refractivity contribution in [3.8, 4) is 5.75 Å². The van der Waals surface area contributed by atoms with Gasteiger partial charge in [-0.25, -0.2) is 0 Å². The lowest BCUT2D eigenvalue weighted by Crippen LogP contribution is -2.26. The number of halogens is 3. The number of alkyl halides is 3. The summed E-state index contributed by atoms with van der Waals surface area (Å²) in [6, 6.07) is 6.32. The molecule has 0 spiro atoms. The first-order valence-electron chi connectivity index (χ1n) is 6.75. The highest BCUT2D eigenvalue weighted by molar-refractivity contribution is 5.27. The van der Waals surface area contributed by atoms with Gasteiger partial charge < -0.3 is 10.5 Å². The second kappa shape index (κ2) is 6.45. The van der Waals surface area contributed by atoms with Crippen LogP contribution in [0, 0.1) is 0 Å². The topological polar surface area (TPSA) is 38.5 Å². The van der Waals surface area contributed by atoms with Crippen molar-refractivity contribution in [1.29, 1.82) is 0 Å². The molecule has 2 N–H and O–H groups in total. The molecule has 0 aromatic heterocycles. The quantitative estimate of drug-likeness (QED) is 0.929. The first-order chi connectivity index (χ1) is 9.42. The van der Waals surface area contributed by atoms with Gasteiger partial charge in [-0.05, 0) is 50.0 Å². The van der Waals surface area contributed by atoms with E-state index in [1.54, 1.807) is 12.1 Å². The average Bonchev–Trinajstić information content (AvgIpc) is 2.55. The van der Waals surface area contributed by atoms with Gasteiger partial charge in [0.25, 0.3) is 0 Å². The molecular formula is C14H19F3N2O. The van der Waals surface area contributed by atoms with Crippen LogP contribution < -0.4 is 10.5 Å². The largest absolute Gasteiger partial charge is 0.573 e. The Balaban J connectivity index is 1.90. The molecule has 1 heterocycles. The Kier molecular flexibility index (Phi) is 4.88. The maximum atomic E-state index is 12.1. The first-order valence-corrected chi connectivity index (χ1v) is 6.75. The standard InChI is InChI=1S/C14H19F3N2O/c15-14(16,17)20-13-5-3-11(4-6-13)10-19-8-1-2-12(18)7-9-19/h3-6,12H,1-2,7-10,18H2/t12-/m1/s1. The van der Waals surface area contributed by atoms with Crippen molar-refractivity contribution >= 4 is 0 Å². The van der Waals surface area contributed by atoms with Gasteiger partial charge in [-0.1, -0.05) is 12.1 Å².